The van der Waals surface area contributed by atoms with Crippen molar-refractivity contribution in [3.05, 3.63) is 0 Å². The number of hydrogen-bond donors (Lipinski definition) is 1. The van der Waals surface area contributed by atoms with Crippen LogP contribution in [0.1, 0.15) is 52.9 Å². The molecular weight excluding hydrogens is 196 g/mol. The van der Waals surface area contributed by atoms with Gasteiger partial charge in [-0.15, -0.1) is 0 Å². The van der Waals surface area contributed by atoms with Gasteiger partial charge in [0.25, 0.3) is 0 Å². The van der Waals surface area contributed by atoms with Crippen molar-refractivity contribution in [3.63, 3.8) is 0 Å². The zero-order valence-corrected chi connectivity index (χ0v) is 11.8. The van der Waals surface area contributed by atoms with Crippen LogP contribution in [0.5, 0.6) is 0 Å². The predicted molar refractivity (Wildman–Crippen MR) is 71.8 cm³/mol. The van der Waals surface area contributed by atoms with Crippen LogP contribution < -0.4 is 5.32 Å². The van der Waals surface area contributed by atoms with Gasteiger partial charge in [0.05, 0.1) is 0 Å². The zero-order chi connectivity index (χ0) is 12.2. The molecule has 0 amide bonds. The van der Waals surface area contributed by atoms with Crippen molar-refractivity contribution < 1.29 is 0 Å². The summed E-state index contributed by atoms with van der Waals surface area (Å²) in [4.78, 5) is 2.46. The molecular formula is C14H30N2. The molecule has 0 heterocycles. The molecule has 1 unspecified atom stereocenters. The van der Waals surface area contributed by atoms with Gasteiger partial charge in [0.1, 0.15) is 0 Å². The number of hydrogen-bond acceptors (Lipinski definition) is 2. The van der Waals surface area contributed by atoms with E-state index in [-0.39, 0.29) is 0 Å². The maximum Gasteiger partial charge on any atom is 0.0353 e. The van der Waals surface area contributed by atoms with Gasteiger partial charge in [-0.05, 0) is 65.6 Å². The summed E-state index contributed by atoms with van der Waals surface area (Å²) >= 11 is 0. The van der Waals surface area contributed by atoms with Crippen LogP contribution in [0, 0.1) is 5.92 Å². The summed E-state index contributed by atoms with van der Waals surface area (Å²) in [5.41, 5.74) is 0.391. The fourth-order valence-electron chi connectivity index (χ4n) is 3.08. The number of likely N-dealkylation sites (N-methyl/N-ethyl adjacent to an activating group) is 1. The lowest BCUT2D eigenvalue weighted by Gasteiger charge is -2.49. The highest BCUT2D eigenvalue weighted by Gasteiger charge is 2.40. The van der Waals surface area contributed by atoms with Crippen molar-refractivity contribution in [3.8, 4) is 0 Å². The Bertz CT molecular complexity index is 193. The SMILES string of the molecule is CCCNC(C)C1(N(C)C)CCC(C)CC1. The first kappa shape index (κ1) is 14.0. The number of nitrogens with zero attached hydrogens (tertiary/aromatic N) is 1. The van der Waals surface area contributed by atoms with Crippen LogP contribution >= 0.6 is 0 Å². The van der Waals surface area contributed by atoms with Gasteiger partial charge in [0, 0.05) is 11.6 Å². The second-order valence-corrected chi connectivity index (χ2v) is 5.86. The molecule has 0 spiro atoms. The average Bonchev–Trinajstić information content (AvgIpc) is 2.26. The Labute approximate surface area is 102 Å². The third-order valence-corrected chi connectivity index (χ3v) is 4.54. The molecule has 0 aliphatic heterocycles. The second kappa shape index (κ2) is 6.02. The van der Waals surface area contributed by atoms with Crippen molar-refractivity contribution in [2.75, 3.05) is 20.6 Å². The molecule has 0 aromatic heterocycles. The van der Waals surface area contributed by atoms with E-state index in [1.807, 2.05) is 0 Å². The topological polar surface area (TPSA) is 15.3 Å². The standard InChI is InChI=1S/C14H30N2/c1-6-11-15-13(3)14(16(4)5)9-7-12(2)8-10-14/h12-13,15H,6-11H2,1-5H3. The Kier molecular flexibility index (Phi) is 5.26. The summed E-state index contributed by atoms with van der Waals surface area (Å²) < 4.78 is 0. The summed E-state index contributed by atoms with van der Waals surface area (Å²) in [6.45, 7) is 8.15. The van der Waals surface area contributed by atoms with Gasteiger partial charge < -0.3 is 10.2 Å². The van der Waals surface area contributed by atoms with Crippen LogP contribution in [0.4, 0.5) is 0 Å². The summed E-state index contributed by atoms with van der Waals surface area (Å²) in [7, 11) is 4.50. The Morgan fingerprint density at radius 1 is 1.31 bits per heavy atom. The van der Waals surface area contributed by atoms with Crippen molar-refractivity contribution in [2.24, 2.45) is 5.92 Å². The first-order chi connectivity index (χ1) is 7.53. The summed E-state index contributed by atoms with van der Waals surface area (Å²) in [6.07, 6.45) is 6.69. The smallest absolute Gasteiger partial charge is 0.0353 e. The number of nitrogens with one attached hydrogen (secondary N) is 1. The summed E-state index contributed by atoms with van der Waals surface area (Å²) in [5, 5.41) is 3.70. The minimum Gasteiger partial charge on any atom is -0.312 e. The molecule has 1 aliphatic carbocycles. The van der Waals surface area contributed by atoms with Crippen LogP contribution in [0.25, 0.3) is 0 Å². The van der Waals surface area contributed by atoms with E-state index in [1.54, 1.807) is 0 Å². The molecule has 16 heavy (non-hydrogen) atoms. The molecule has 1 rings (SSSR count). The molecule has 1 saturated carbocycles. The molecule has 0 aromatic rings. The maximum absolute atomic E-state index is 3.70. The quantitative estimate of drug-likeness (QED) is 0.775. The summed E-state index contributed by atoms with van der Waals surface area (Å²) in [6, 6.07) is 0.606. The first-order valence-corrected chi connectivity index (χ1v) is 6.93. The van der Waals surface area contributed by atoms with Crippen LogP contribution in [0.15, 0.2) is 0 Å². The predicted octanol–water partition coefficient (Wildman–Crippen LogP) is 2.89. The normalized spacial score (nSPS) is 33.0. The fourth-order valence-corrected chi connectivity index (χ4v) is 3.08. The highest BCUT2D eigenvalue weighted by Crippen LogP contribution is 2.37. The van der Waals surface area contributed by atoms with Gasteiger partial charge >= 0.3 is 0 Å². The molecule has 0 aromatic carbocycles. The third-order valence-electron chi connectivity index (χ3n) is 4.54. The molecule has 0 radical (unpaired) electrons. The van der Waals surface area contributed by atoms with Gasteiger partial charge in [-0.1, -0.05) is 13.8 Å². The molecule has 1 fully saturated rings. The molecule has 1 N–H and O–H groups in total. The lowest BCUT2D eigenvalue weighted by Crippen LogP contribution is -2.59. The van der Waals surface area contributed by atoms with E-state index in [4.69, 9.17) is 0 Å². The Morgan fingerprint density at radius 3 is 2.31 bits per heavy atom. The molecule has 1 aliphatic rings. The van der Waals surface area contributed by atoms with Crippen molar-refractivity contribution in [2.45, 2.75) is 64.5 Å². The Morgan fingerprint density at radius 2 is 1.88 bits per heavy atom. The lowest BCUT2D eigenvalue weighted by atomic mass is 9.72. The van der Waals surface area contributed by atoms with Crippen LogP contribution in [0.3, 0.4) is 0 Å². The summed E-state index contributed by atoms with van der Waals surface area (Å²) in [5.74, 6) is 0.923. The van der Waals surface area contributed by atoms with E-state index in [0.29, 0.717) is 11.6 Å². The highest BCUT2D eigenvalue weighted by molar-refractivity contribution is 4.99. The van der Waals surface area contributed by atoms with E-state index < -0.39 is 0 Å². The monoisotopic (exact) mass is 226 g/mol. The lowest BCUT2D eigenvalue weighted by molar-refractivity contribution is 0.0497. The molecule has 0 bridgehead atoms. The fraction of sp³-hybridized carbons (Fsp3) is 1.00. The van der Waals surface area contributed by atoms with Gasteiger partial charge in [0.15, 0.2) is 0 Å². The van der Waals surface area contributed by atoms with Crippen molar-refractivity contribution >= 4 is 0 Å². The van der Waals surface area contributed by atoms with E-state index in [2.05, 4.69) is 45.1 Å². The molecule has 1 atom stereocenters. The van der Waals surface area contributed by atoms with E-state index in [0.717, 1.165) is 12.5 Å². The van der Waals surface area contributed by atoms with Crippen LogP contribution in [-0.4, -0.2) is 37.1 Å². The average molecular weight is 226 g/mol. The number of rotatable bonds is 5. The molecule has 2 heteroatoms. The highest BCUT2D eigenvalue weighted by atomic mass is 15.2. The first-order valence-electron chi connectivity index (χ1n) is 6.93. The molecule has 2 nitrogen and oxygen atoms in total. The maximum atomic E-state index is 3.70. The van der Waals surface area contributed by atoms with Crippen molar-refractivity contribution in [1.29, 1.82) is 0 Å². The van der Waals surface area contributed by atoms with Crippen LogP contribution in [-0.2, 0) is 0 Å². The molecule has 0 saturated heterocycles. The van der Waals surface area contributed by atoms with E-state index in [9.17, 15) is 0 Å². The van der Waals surface area contributed by atoms with Gasteiger partial charge in [-0.25, -0.2) is 0 Å². The zero-order valence-electron chi connectivity index (χ0n) is 11.8. The molecule has 96 valence electrons. The van der Waals surface area contributed by atoms with Gasteiger partial charge in [0.2, 0.25) is 0 Å². The minimum atomic E-state index is 0.391. The largest absolute Gasteiger partial charge is 0.312 e. The second-order valence-electron chi connectivity index (χ2n) is 5.86. The third kappa shape index (κ3) is 2.98. The Balaban J connectivity index is 2.65. The van der Waals surface area contributed by atoms with E-state index in [1.165, 1.54) is 32.1 Å². The van der Waals surface area contributed by atoms with E-state index >= 15 is 0 Å². The van der Waals surface area contributed by atoms with Crippen molar-refractivity contribution in [1.82, 2.24) is 10.2 Å². The van der Waals surface area contributed by atoms with Crippen LogP contribution in [0.2, 0.25) is 0 Å². The van der Waals surface area contributed by atoms with Gasteiger partial charge in [-0.2, -0.15) is 0 Å². The Hall–Kier alpha value is -0.0800. The van der Waals surface area contributed by atoms with Gasteiger partial charge in [-0.3, -0.25) is 0 Å². The minimum absolute atomic E-state index is 0.391.